The summed E-state index contributed by atoms with van der Waals surface area (Å²) in [6, 6.07) is 1.76. The normalized spacial score (nSPS) is 45.0. The summed E-state index contributed by atoms with van der Waals surface area (Å²) in [5.74, 6) is 0. The van der Waals surface area contributed by atoms with Crippen LogP contribution in [0.2, 0.25) is 5.02 Å². The molecule has 1 saturated heterocycles. The fraction of sp³-hybridized carbons (Fsp3) is 0.643. The van der Waals surface area contributed by atoms with Crippen molar-refractivity contribution in [3.05, 3.63) is 23.5 Å². The SMILES string of the molecule is NC1CC(C23CC(F)CC2(O)C3)N(c2cncc(Cl)c2)N1. The first-order valence-electron chi connectivity index (χ1n) is 7.22. The highest BCUT2D eigenvalue weighted by Gasteiger charge is 2.76. The molecule has 2 heterocycles. The second-order valence-corrected chi connectivity index (χ2v) is 7.02. The van der Waals surface area contributed by atoms with Crippen molar-refractivity contribution in [3.63, 3.8) is 0 Å². The third-order valence-electron chi connectivity index (χ3n) is 5.25. The van der Waals surface area contributed by atoms with Crippen LogP contribution in [0.25, 0.3) is 0 Å². The minimum Gasteiger partial charge on any atom is -0.389 e. The van der Waals surface area contributed by atoms with Gasteiger partial charge in [-0.2, -0.15) is 0 Å². The minimum atomic E-state index is -0.931. The van der Waals surface area contributed by atoms with Crippen LogP contribution in [-0.4, -0.2) is 34.1 Å². The van der Waals surface area contributed by atoms with Gasteiger partial charge in [0.15, 0.2) is 0 Å². The van der Waals surface area contributed by atoms with E-state index in [0.717, 1.165) is 5.69 Å². The van der Waals surface area contributed by atoms with Crippen molar-refractivity contribution in [3.8, 4) is 0 Å². The Morgan fingerprint density at radius 1 is 1.48 bits per heavy atom. The van der Waals surface area contributed by atoms with Crippen molar-refractivity contribution in [1.29, 1.82) is 0 Å². The van der Waals surface area contributed by atoms with Crippen molar-refractivity contribution < 1.29 is 9.50 Å². The first-order valence-corrected chi connectivity index (χ1v) is 7.59. The minimum absolute atomic E-state index is 0.0430. The lowest BCUT2D eigenvalue weighted by molar-refractivity contribution is 0.102. The number of fused-ring (bicyclic) bond motifs is 1. The van der Waals surface area contributed by atoms with Gasteiger partial charge in [0.25, 0.3) is 0 Å². The number of nitrogens with zero attached hydrogens (tertiary/aromatic N) is 2. The lowest BCUT2D eigenvalue weighted by Gasteiger charge is -2.32. The Morgan fingerprint density at radius 2 is 2.29 bits per heavy atom. The van der Waals surface area contributed by atoms with Crippen molar-refractivity contribution in [2.24, 2.45) is 11.1 Å². The van der Waals surface area contributed by atoms with Gasteiger partial charge in [-0.05, 0) is 25.3 Å². The molecule has 4 N–H and O–H groups in total. The summed E-state index contributed by atoms with van der Waals surface area (Å²) in [4.78, 5) is 4.09. The Hall–Kier alpha value is -0.950. The summed E-state index contributed by atoms with van der Waals surface area (Å²) < 4.78 is 13.8. The van der Waals surface area contributed by atoms with Gasteiger partial charge in [0.1, 0.15) is 6.17 Å². The molecule has 0 amide bonds. The van der Waals surface area contributed by atoms with Crippen molar-refractivity contribution in [2.45, 2.75) is 49.7 Å². The maximum Gasteiger partial charge on any atom is 0.104 e. The van der Waals surface area contributed by atoms with Gasteiger partial charge in [-0.1, -0.05) is 11.6 Å². The number of alkyl halides is 1. The Balaban J connectivity index is 1.68. The molecule has 3 fully saturated rings. The Labute approximate surface area is 127 Å². The summed E-state index contributed by atoms with van der Waals surface area (Å²) in [7, 11) is 0. The quantitative estimate of drug-likeness (QED) is 0.769. The molecule has 5 atom stereocenters. The van der Waals surface area contributed by atoms with Crippen LogP contribution in [0.5, 0.6) is 0 Å². The maximum atomic E-state index is 13.8. The fourth-order valence-corrected chi connectivity index (χ4v) is 4.51. The van der Waals surface area contributed by atoms with E-state index >= 15 is 0 Å². The van der Waals surface area contributed by atoms with Crippen LogP contribution in [0, 0.1) is 5.41 Å². The zero-order chi connectivity index (χ0) is 14.8. The van der Waals surface area contributed by atoms with Gasteiger partial charge in [-0.3, -0.25) is 4.98 Å². The third-order valence-corrected chi connectivity index (χ3v) is 5.46. The van der Waals surface area contributed by atoms with Crippen molar-refractivity contribution in [2.75, 3.05) is 5.01 Å². The second kappa shape index (κ2) is 4.29. The third kappa shape index (κ3) is 1.90. The zero-order valence-electron chi connectivity index (χ0n) is 11.5. The van der Waals surface area contributed by atoms with Gasteiger partial charge < -0.3 is 15.8 Å². The molecule has 21 heavy (non-hydrogen) atoms. The number of aromatic nitrogens is 1. The maximum absolute atomic E-state index is 13.8. The van der Waals surface area contributed by atoms with Crippen molar-refractivity contribution >= 4 is 17.3 Å². The predicted molar refractivity (Wildman–Crippen MR) is 77.4 cm³/mol. The van der Waals surface area contributed by atoms with Crippen LogP contribution in [-0.2, 0) is 0 Å². The summed E-state index contributed by atoms with van der Waals surface area (Å²) in [6.07, 6.45) is 4.06. The fourth-order valence-electron chi connectivity index (χ4n) is 4.34. The number of halogens is 2. The lowest BCUT2D eigenvalue weighted by Crippen LogP contribution is -2.46. The van der Waals surface area contributed by atoms with E-state index in [2.05, 4.69) is 10.4 Å². The largest absolute Gasteiger partial charge is 0.389 e. The van der Waals surface area contributed by atoms with Crippen LogP contribution >= 0.6 is 11.6 Å². The Kier molecular flexibility index (Phi) is 2.80. The van der Waals surface area contributed by atoms with E-state index in [1.54, 1.807) is 18.5 Å². The summed E-state index contributed by atoms with van der Waals surface area (Å²) in [5.41, 5.74) is 8.73. The molecule has 7 heteroatoms. The molecule has 5 nitrogen and oxygen atoms in total. The molecular weight excluding hydrogens is 295 g/mol. The molecule has 2 saturated carbocycles. The number of rotatable bonds is 2. The molecule has 1 aromatic heterocycles. The molecule has 2 aliphatic carbocycles. The number of nitrogens with one attached hydrogen (secondary N) is 1. The van der Waals surface area contributed by atoms with Crippen LogP contribution < -0.4 is 16.2 Å². The van der Waals surface area contributed by atoms with Gasteiger partial charge in [-0.25, -0.2) is 9.82 Å². The summed E-state index contributed by atoms with van der Waals surface area (Å²) in [6.45, 7) is 0. The number of hydrogen-bond acceptors (Lipinski definition) is 5. The van der Waals surface area contributed by atoms with Crippen LogP contribution in [0.15, 0.2) is 18.5 Å². The molecule has 114 valence electrons. The second-order valence-electron chi connectivity index (χ2n) is 6.59. The molecule has 3 aliphatic rings. The smallest absolute Gasteiger partial charge is 0.104 e. The first-order chi connectivity index (χ1) is 9.93. The van der Waals surface area contributed by atoms with Gasteiger partial charge >= 0.3 is 0 Å². The molecular formula is C14H18ClFN4O. The van der Waals surface area contributed by atoms with Gasteiger partial charge in [0, 0.05) is 18.0 Å². The molecule has 0 bridgehead atoms. The van der Waals surface area contributed by atoms with Crippen LogP contribution in [0.3, 0.4) is 0 Å². The van der Waals surface area contributed by atoms with Crippen molar-refractivity contribution in [1.82, 2.24) is 10.4 Å². The molecule has 4 rings (SSSR count). The molecule has 0 spiro atoms. The summed E-state index contributed by atoms with van der Waals surface area (Å²) in [5, 5.41) is 13.0. The van der Waals surface area contributed by atoms with Crippen LogP contribution in [0.1, 0.15) is 25.7 Å². The lowest BCUT2D eigenvalue weighted by atomic mass is 9.89. The topological polar surface area (TPSA) is 74.4 Å². The highest BCUT2D eigenvalue weighted by molar-refractivity contribution is 6.30. The highest BCUT2D eigenvalue weighted by atomic mass is 35.5. The van der Waals surface area contributed by atoms with E-state index < -0.39 is 17.2 Å². The van der Waals surface area contributed by atoms with E-state index in [4.69, 9.17) is 17.3 Å². The highest BCUT2D eigenvalue weighted by Crippen LogP contribution is 2.70. The number of anilines is 1. The molecule has 0 radical (unpaired) electrons. The molecule has 0 aromatic carbocycles. The van der Waals surface area contributed by atoms with Gasteiger partial charge in [-0.15, -0.1) is 0 Å². The number of pyridine rings is 1. The number of nitrogens with two attached hydrogens (primary N) is 1. The average Bonchev–Trinajstić information content (AvgIpc) is 2.71. The molecule has 5 unspecified atom stereocenters. The number of hydrogen-bond donors (Lipinski definition) is 3. The van der Waals surface area contributed by atoms with Gasteiger partial charge in [0.05, 0.1) is 34.7 Å². The average molecular weight is 313 g/mol. The number of aliphatic hydroxyl groups is 1. The standard InChI is InChI=1S/C14H18ClFN4O/c15-8-1-10(6-18-5-8)20-11(2-12(17)19-20)13-3-9(16)4-14(13,21)7-13/h1,5-6,9,11-12,19,21H,2-4,7,17H2. The molecule has 1 aromatic rings. The van der Waals surface area contributed by atoms with E-state index in [1.807, 2.05) is 5.01 Å². The predicted octanol–water partition coefficient (Wildman–Crippen LogP) is 1.36. The van der Waals surface area contributed by atoms with E-state index in [9.17, 15) is 9.50 Å². The van der Waals surface area contributed by atoms with Gasteiger partial charge in [0.2, 0.25) is 0 Å². The first kappa shape index (κ1) is 13.7. The monoisotopic (exact) mass is 312 g/mol. The zero-order valence-corrected chi connectivity index (χ0v) is 12.2. The summed E-state index contributed by atoms with van der Waals surface area (Å²) >= 11 is 6.01. The Morgan fingerprint density at radius 3 is 2.95 bits per heavy atom. The van der Waals surface area contributed by atoms with E-state index in [1.165, 1.54) is 0 Å². The Bertz CT molecular complexity index is 590. The van der Waals surface area contributed by atoms with Crippen LogP contribution in [0.4, 0.5) is 10.1 Å². The number of hydrazine groups is 1. The molecule has 1 aliphatic heterocycles. The van der Waals surface area contributed by atoms with E-state index in [-0.39, 0.29) is 18.6 Å². The van der Waals surface area contributed by atoms with E-state index in [0.29, 0.717) is 24.3 Å².